The van der Waals surface area contributed by atoms with Crippen LogP contribution in [0.4, 0.5) is 0 Å². The molecule has 0 fully saturated rings. The predicted molar refractivity (Wildman–Crippen MR) is 96.4 cm³/mol. The Morgan fingerprint density at radius 2 is 1.70 bits per heavy atom. The third kappa shape index (κ3) is 6.22. The van der Waals surface area contributed by atoms with Crippen molar-refractivity contribution in [3.05, 3.63) is 53.6 Å². The molecule has 0 aliphatic heterocycles. The van der Waals surface area contributed by atoms with E-state index in [1.165, 1.54) is 0 Å². The Morgan fingerprint density at radius 1 is 0.957 bits per heavy atom. The molecule has 1 N–H and O–H groups in total. The van der Waals surface area contributed by atoms with Crippen LogP contribution in [0.25, 0.3) is 11.1 Å². The Balaban J connectivity index is 1.83. The van der Waals surface area contributed by atoms with Crippen LogP contribution in [0.5, 0.6) is 5.75 Å². The molecule has 0 bridgehead atoms. The maximum atomic E-state index is 6.14. The van der Waals surface area contributed by atoms with Crippen molar-refractivity contribution in [2.45, 2.75) is 12.8 Å². The van der Waals surface area contributed by atoms with Crippen molar-refractivity contribution in [2.24, 2.45) is 0 Å². The van der Waals surface area contributed by atoms with E-state index in [1.54, 1.807) is 7.11 Å². The van der Waals surface area contributed by atoms with Crippen LogP contribution >= 0.6 is 11.6 Å². The van der Waals surface area contributed by atoms with E-state index in [-0.39, 0.29) is 0 Å². The van der Waals surface area contributed by atoms with Gasteiger partial charge in [-0.25, -0.2) is 0 Å². The summed E-state index contributed by atoms with van der Waals surface area (Å²) in [6.45, 7) is 3.40. The number of halogens is 1. The second kappa shape index (κ2) is 10.3. The highest BCUT2D eigenvalue weighted by atomic mass is 35.5. The first kappa shape index (κ1) is 17.8. The van der Waals surface area contributed by atoms with Crippen molar-refractivity contribution in [3.8, 4) is 16.9 Å². The van der Waals surface area contributed by atoms with Gasteiger partial charge in [0.05, 0.1) is 6.61 Å². The van der Waals surface area contributed by atoms with Crippen molar-refractivity contribution in [1.29, 1.82) is 0 Å². The lowest BCUT2D eigenvalue weighted by Gasteiger charge is -2.12. The second-order valence-electron chi connectivity index (χ2n) is 5.30. The summed E-state index contributed by atoms with van der Waals surface area (Å²) in [6, 6.07) is 15.9. The third-order valence-electron chi connectivity index (χ3n) is 3.48. The van der Waals surface area contributed by atoms with Gasteiger partial charge in [0.2, 0.25) is 0 Å². The zero-order chi connectivity index (χ0) is 16.3. The molecular formula is C19H24ClNO2. The molecule has 3 nitrogen and oxygen atoms in total. The summed E-state index contributed by atoms with van der Waals surface area (Å²) >= 11 is 6.14. The van der Waals surface area contributed by atoms with Crippen LogP contribution in [-0.2, 0) is 4.74 Å². The molecule has 23 heavy (non-hydrogen) atoms. The standard InChI is InChI=1S/C19H24ClNO2/c1-22-13-5-11-21-12-6-14-23-19-10-9-17(20)15-18(19)16-7-3-2-4-8-16/h2-4,7-10,15,21H,5-6,11-14H2,1H3. The van der Waals surface area contributed by atoms with E-state index >= 15 is 0 Å². The highest BCUT2D eigenvalue weighted by Gasteiger charge is 2.07. The summed E-state index contributed by atoms with van der Waals surface area (Å²) in [5.74, 6) is 0.875. The van der Waals surface area contributed by atoms with Gasteiger partial charge in [-0.3, -0.25) is 0 Å². The molecule has 0 amide bonds. The van der Waals surface area contributed by atoms with Gasteiger partial charge in [-0.15, -0.1) is 0 Å². The number of hydrogen-bond acceptors (Lipinski definition) is 3. The van der Waals surface area contributed by atoms with Gasteiger partial charge in [0, 0.05) is 24.3 Å². The molecule has 2 aromatic carbocycles. The lowest BCUT2D eigenvalue weighted by atomic mass is 10.0. The first-order valence-electron chi connectivity index (χ1n) is 7.98. The van der Waals surface area contributed by atoms with Crippen LogP contribution in [-0.4, -0.2) is 33.4 Å². The Morgan fingerprint density at radius 3 is 2.43 bits per heavy atom. The van der Waals surface area contributed by atoms with Crippen LogP contribution in [0.3, 0.4) is 0 Å². The van der Waals surface area contributed by atoms with Crippen molar-refractivity contribution < 1.29 is 9.47 Å². The zero-order valence-corrected chi connectivity index (χ0v) is 14.3. The zero-order valence-electron chi connectivity index (χ0n) is 13.6. The van der Waals surface area contributed by atoms with E-state index in [0.717, 1.165) is 54.4 Å². The number of methoxy groups -OCH3 is 1. The SMILES string of the molecule is COCCCNCCCOc1ccc(Cl)cc1-c1ccccc1. The van der Waals surface area contributed by atoms with Gasteiger partial charge >= 0.3 is 0 Å². The highest BCUT2D eigenvalue weighted by molar-refractivity contribution is 6.31. The fourth-order valence-electron chi connectivity index (χ4n) is 2.32. The molecule has 0 unspecified atom stereocenters. The number of nitrogens with one attached hydrogen (secondary N) is 1. The molecule has 0 heterocycles. The van der Waals surface area contributed by atoms with Gasteiger partial charge in [0.15, 0.2) is 0 Å². The smallest absolute Gasteiger partial charge is 0.127 e. The van der Waals surface area contributed by atoms with Gasteiger partial charge in [-0.2, -0.15) is 0 Å². The molecule has 0 saturated heterocycles. The molecule has 4 heteroatoms. The Hall–Kier alpha value is -1.55. The molecule has 124 valence electrons. The van der Waals surface area contributed by atoms with Gasteiger partial charge in [0.25, 0.3) is 0 Å². The fourth-order valence-corrected chi connectivity index (χ4v) is 2.49. The summed E-state index contributed by atoms with van der Waals surface area (Å²) in [5, 5.41) is 4.10. The van der Waals surface area contributed by atoms with E-state index in [1.807, 2.05) is 36.4 Å². The van der Waals surface area contributed by atoms with E-state index in [4.69, 9.17) is 21.1 Å². The molecule has 0 spiro atoms. The summed E-state index contributed by atoms with van der Waals surface area (Å²) in [5.41, 5.74) is 2.15. The minimum Gasteiger partial charge on any atom is -0.493 e. The summed E-state index contributed by atoms with van der Waals surface area (Å²) < 4.78 is 11.0. The second-order valence-corrected chi connectivity index (χ2v) is 5.74. The fraction of sp³-hybridized carbons (Fsp3) is 0.368. The molecule has 0 atom stereocenters. The maximum Gasteiger partial charge on any atom is 0.127 e. The number of hydrogen-bond donors (Lipinski definition) is 1. The predicted octanol–water partition coefficient (Wildman–Crippen LogP) is 4.40. The van der Waals surface area contributed by atoms with E-state index in [9.17, 15) is 0 Å². The van der Waals surface area contributed by atoms with E-state index in [0.29, 0.717) is 6.61 Å². The van der Waals surface area contributed by atoms with Crippen LogP contribution in [0.15, 0.2) is 48.5 Å². The lowest BCUT2D eigenvalue weighted by molar-refractivity contribution is 0.194. The Bertz CT molecular complexity index is 575. The van der Waals surface area contributed by atoms with Gasteiger partial charge < -0.3 is 14.8 Å². The van der Waals surface area contributed by atoms with Gasteiger partial charge in [0.1, 0.15) is 5.75 Å². The topological polar surface area (TPSA) is 30.5 Å². The molecular weight excluding hydrogens is 310 g/mol. The van der Waals surface area contributed by atoms with Crippen molar-refractivity contribution in [2.75, 3.05) is 33.4 Å². The van der Waals surface area contributed by atoms with Crippen molar-refractivity contribution >= 4 is 11.6 Å². The molecule has 2 rings (SSSR count). The molecule has 0 aliphatic carbocycles. The summed E-state index contributed by atoms with van der Waals surface area (Å²) in [4.78, 5) is 0. The number of benzene rings is 2. The van der Waals surface area contributed by atoms with E-state index < -0.39 is 0 Å². The third-order valence-corrected chi connectivity index (χ3v) is 3.72. The quantitative estimate of drug-likeness (QED) is 0.654. The van der Waals surface area contributed by atoms with Crippen LogP contribution < -0.4 is 10.1 Å². The maximum absolute atomic E-state index is 6.14. The Kier molecular flexibility index (Phi) is 7.95. The minimum absolute atomic E-state index is 0.679. The summed E-state index contributed by atoms with van der Waals surface area (Å²) in [7, 11) is 1.73. The average Bonchev–Trinajstić information content (AvgIpc) is 2.59. The van der Waals surface area contributed by atoms with E-state index in [2.05, 4.69) is 17.4 Å². The number of ether oxygens (including phenoxy) is 2. The van der Waals surface area contributed by atoms with Crippen LogP contribution in [0, 0.1) is 0 Å². The average molecular weight is 334 g/mol. The normalized spacial score (nSPS) is 10.7. The van der Waals surface area contributed by atoms with Gasteiger partial charge in [-0.05, 0) is 49.7 Å². The van der Waals surface area contributed by atoms with Crippen molar-refractivity contribution in [1.82, 2.24) is 5.32 Å². The van der Waals surface area contributed by atoms with Crippen LogP contribution in [0.1, 0.15) is 12.8 Å². The number of rotatable bonds is 10. The highest BCUT2D eigenvalue weighted by Crippen LogP contribution is 2.32. The van der Waals surface area contributed by atoms with Gasteiger partial charge in [-0.1, -0.05) is 41.9 Å². The monoisotopic (exact) mass is 333 g/mol. The first-order chi connectivity index (χ1) is 11.3. The van der Waals surface area contributed by atoms with Crippen molar-refractivity contribution in [3.63, 3.8) is 0 Å². The first-order valence-corrected chi connectivity index (χ1v) is 8.36. The molecule has 0 radical (unpaired) electrons. The minimum atomic E-state index is 0.679. The largest absolute Gasteiger partial charge is 0.493 e. The molecule has 0 aromatic heterocycles. The summed E-state index contributed by atoms with van der Waals surface area (Å²) in [6.07, 6.45) is 2.00. The lowest BCUT2D eigenvalue weighted by Crippen LogP contribution is -2.19. The Labute approximate surface area is 143 Å². The molecule has 0 saturated carbocycles. The molecule has 2 aromatic rings. The molecule has 0 aliphatic rings. The van der Waals surface area contributed by atoms with Crippen LogP contribution in [0.2, 0.25) is 5.02 Å².